The third-order valence-electron chi connectivity index (χ3n) is 3.62. The minimum Gasteiger partial charge on any atom is -0.339 e. The molecule has 0 radical (unpaired) electrons. The summed E-state index contributed by atoms with van der Waals surface area (Å²) >= 11 is 5.88. The minimum atomic E-state index is 0.457. The van der Waals surface area contributed by atoms with Gasteiger partial charge in [-0.3, -0.25) is 0 Å². The van der Waals surface area contributed by atoms with E-state index in [-0.39, 0.29) is 0 Å². The van der Waals surface area contributed by atoms with Gasteiger partial charge in [0.1, 0.15) is 0 Å². The first-order valence-corrected chi connectivity index (χ1v) is 7.46. The Kier molecular flexibility index (Phi) is 4.03. The van der Waals surface area contributed by atoms with E-state index >= 15 is 0 Å². The molecule has 3 rings (SSSR count). The van der Waals surface area contributed by atoms with E-state index < -0.39 is 0 Å². The molecule has 1 heterocycles. The maximum Gasteiger partial charge on any atom is 0.228 e. The second kappa shape index (κ2) is 5.94. The molecule has 1 unspecified atom stereocenters. The molecule has 0 spiro atoms. The Morgan fingerprint density at radius 2 is 2.10 bits per heavy atom. The second-order valence-electron chi connectivity index (χ2n) is 5.22. The van der Waals surface area contributed by atoms with Crippen molar-refractivity contribution >= 4 is 11.6 Å². The maximum absolute atomic E-state index is 5.88. The van der Waals surface area contributed by atoms with E-state index in [0.717, 1.165) is 24.4 Å². The summed E-state index contributed by atoms with van der Waals surface area (Å²) in [4.78, 5) is 4.48. The van der Waals surface area contributed by atoms with Gasteiger partial charge < -0.3 is 9.84 Å². The number of likely N-dealkylation sites (N-methyl/N-ethyl adjacent to an activating group) is 1. The summed E-state index contributed by atoms with van der Waals surface area (Å²) < 4.78 is 5.37. The van der Waals surface area contributed by atoms with Gasteiger partial charge in [-0.2, -0.15) is 4.98 Å². The lowest BCUT2D eigenvalue weighted by Gasteiger charge is -2.14. The zero-order valence-corrected chi connectivity index (χ0v) is 12.2. The molecule has 5 heteroatoms. The van der Waals surface area contributed by atoms with Crippen LogP contribution in [0.1, 0.15) is 25.7 Å². The third-order valence-corrected chi connectivity index (χ3v) is 3.87. The van der Waals surface area contributed by atoms with Crippen LogP contribution >= 0.6 is 11.6 Å². The van der Waals surface area contributed by atoms with Crippen LogP contribution in [0.3, 0.4) is 0 Å². The molecule has 1 atom stereocenters. The molecule has 20 heavy (non-hydrogen) atoms. The fourth-order valence-electron chi connectivity index (χ4n) is 2.41. The predicted molar refractivity (Wildman–Crippen MR) is 78.6 cm³/mol. The van der Waals surface area contributed by atoms with Gasteiger partial charge in [-0.25, -0.2) is 0 Å². The number of rotatable bonds is 6. The van der Waals surface area contributed by atoms with Gasteiger partial charge in [0.05, 0.1) is 0 Å². The summed E-state index contributed by atoms with van der Waals surface area (Å²) in [5.41, 5.74) is 0.927. The van der Waals surface area contributed by atoms with E-state index in [1.165, 1.54) is 12.8 Å². The van der Waals surface area contributed by atoms with E-state index in [9.17, 15) is 0 Å². The normalized spacial score (nSPS) is 16.3. The lowest BCUT2D eigenvalue weighted by atomic mass is 10.1. The molecule has 4 nitrogen and oxygen atoms in total. The summed E-state index contributed by atoms with van der Waals surface area (Å²) in [6.45, 7) is 3.10. The van der Waals surface area contributed by atoms with Crippen molar-refractivity contribution in [1.29, 1.82) is 0 Å². The van der Waals surface area contributed by atoms with Gasteiger partial charge in [0, 0.05) is 23.0 Å². The average Bonchev–Trinajstić information content (AvgIpc) is 3.20. The van der Waals surface area contributed by atoms with Gasteiger partial charge in [-0.05, 0) is 49.6 Å². The summed E-state index contributed by atoms with van der Waals surface area (Å²) in [6, 6.07) is 7.93. The molecular formula is C15H18ClN3O. The van der Waals surface area contributed by atoms with Crippen LogP contribution in [0, 0.1) is 5.92 Å². The monoisotopic (exact) mass is 291 g/mol. The van der Waals surface area contributed by atoms with Crippen molar-refractivity contribution in [1.82, 2.24) is 15.5 Å². The van der Waals surface area contributed by atoms with Crippen LogP contribution in [0.25, 0.3) is 11.4 Å². The van der Waals surface area contributed by atoms with Crippen molar-refractivity contribution in [3.05, 3.63) is 35.2 Å². The van der Waals surface area contributed by atoms with Crippen molar-refractivity contribution in [3.8, 4) is 11.4 Å². The quantitative estimate of drug-likeness (QED) is 0.887. The lowest BCUT2D eigenvalue weighted by molar-refractivity contribution is 0.348. The number of hydrogen-bond donors (Lipinski definition) is 1. The third kappa shape index (κ3) is 3.19. The topological polar surface area (TPSA) is 51.0 Å². The predicted octanol–water partition coefficient (Wildman–Crippen LogP) is 3.32. The van der Waals surface area contributed by atoms with Crippen molar-refractivity contribution in [3.63, 3.8) is 0 Å². The first-order chi connectivity index (χ1) is 9.76. The van der Waals surface area contributed by atoms with E-state index in [1.54, 1.807) is 0 Å². The number of benzene rings is 1. The molecule has 0 saturated heterocycles. The first-order valence-electron chi connectivity index (χ1n) is 7.08. The summed E-state index contributed by atoms with van der Waals surface area (Å²) in [5.74, 6) is 2.09. The van der Waals surface area contributed by atoms with Crippen LogP contribution < -0.4 is 5.32 Å². The van der Waals surface area contributed by atoms with Crippen LogP contribution in [0.4, 0.5) is 0 Å². The van der Waals surface area contributed by atoms with Gasteiger partial charge in [-0.1, -0.05) is 23.7 Å². The Hall–Kier alpha value is -1.39. The summed E-state index contributed by atoms with van der Waals surface area (Å²) in [7, 11) is 0. The Balaban J connectivity index is 1.71. The smallest absolute Gasteiger partial charge is 0.228 e. The highest BCUT2D eigenvalue weighted by Crippen LogP contribution is 2.34. The molecular weight excluding hydrogens is 274 g/mol. The fraction of sp³-hybridized carbons (Fsp3) is 0.467. The number of hydrogen-bond acceptors (Lipinski definition) is 4. The van der Waals surface area contributed by atoms with Crippen LogP contribution in [-0.4, -0.2) is 22.7 Å². The zero-order valence-electron chi connectivity index (χ0n) is 11.5. The average molecular weight is 292 g/mol. The Labute approximate surface area is 123 Å². The van der Waals surface area contributed by atoms with Gasteiger partial charge >= 0.3 is 0 Å². The molecule has 2 aromatic rings. The van der Waals surface area contributed by atoms with Crippen molar-refractivity contribution in [2.24, 2.45) is 5.92 Å². The molecule has 0 bridgehead atoms. The summed E-state index contributed by atoms with van der Waals surface area (Å²) in [6.07, 6.45) is 3.41. The second-order valence-corrected chi connectivity index (χ2v) is 5.66. The standard InChI is InChI=1S/C15H18ClN3O/c1-2-17-13(10-3-4-10)9-14-18-15(19-20-14)11-5-7-12(16)8-6-11/h5-8,10,13,17H,2-4,9H2,1H3. The highest BCUT2D eigenvalue weighted by molar-refractivity contribution is 6.30. The first kappa shape index (κ1) is 13.6. The van der Waals surface area contributed by atoms with E-state index in [4.69, 9.17) is 16.1 Å². The molecule has 1 aromatic heterocycles. The van der Waals surface area contributed by atoms with Crippen LogP contribution in [0.15, 0.2) is 28.8 Å². The Morgan fingerprint density at radius 1 is 1.35 bits per heavy atom. The number of nitrogens with zero attached hydrogens (tertiary/aromatic N) is 2. The molecule has 1 saturated carbocycles. The highest BCUT2D eigenvalue weighted by atomic mass is 35.5. The van der Waals surface area contributed by atoms with Crippen molar-refractivity contribution in [2.75, 3.05) is 6.54 Å². The minimum absolute atomic E-state index is 0.457. The number of halogens is 1. The lowest BCUT2D eigenvalue weighted by Crippen LogP contribution is -2.33. The van der Waals surface area contributed by atoms with Crippen molar-refractivity contribution < 1.29 is 4.52 Å². The maximum atomic E-state index is 5.88. The van der Waals surface area contributed by atoms with Gasteiger partial charge in [-0.15, -0.1) is 0 Å². The number of nitrogens with one attached hydrogen (secondary N) is 1. The molecule has 1 aliphatic rings. The van der Waals surface area contributed by atoms with Crippen molar-refractivity contribution in [2.45, 2.75) is 32.2 Å². The molecule has 106 valence electrons. The van der Waals surface area contributed by atoms with Gasteiger partial charge in [0.25, 0.3) is 0 Å². The van der Waals surface area contributed by atoms with Crippen LogP contribution in [0.2, 0.25) is 5.02 Å². The zero-order chi connectivity index (χ0) is 13.9. The highest BCUT2D eigenvalue weighted by Gasteiger charge is 2.31. The molecule has 0 aliphatic heterocycles. The number of aromatic nitrogens is 2. The fourth-order valence-corrected chi connectivity index (χ4v) is 2.53. The van der Waals surface area contributed by atoms with Crippen LogP contribution in [0.5, 0.6) is 0 Å². The summed E-state index contributed by atoms with van der Waals surface area (Å²) in [5, 5.41) is 8.26. The Morgan fingerprint density at radius 3 is 2.75 bits per heavy atom. The Bertz CT molecular complexity index is 563. The van der Waals surface area contributed by atoms with E-state index in [2.05, 4.69) is 22.4 Å². The molecule has 1 aliphatic carbocycles. The van der Waals surface area contributed by atoms with Gasteiger partial charge in [0.2, 0.25) is 11.7 Å². The van der Waals surface area contributed by atoms with Gasteiger partial charge in [0.15, 0.2) is 0 Å². The van der Waals surface area contributed by atoms with E-state index in [0.29, 0.717) is 22.8 Å². The van der Waals surface area contributed by atoms with E-state index in [1.807, 2.05) is 24.3 Å². The molecule has 0 amide bonds. The van der Waals surface area contributed by atoms with Crippen LogP contribution in [-0.2, 0) is 6.42 Å². The molecule has 1 fully saturated rings. The molecule has 1 N–H and O–H groups in total. The largest absolute Gasteiger partial charge is 0.339 e. The molecule has 1 aromatic carbocycles. The SMILES string of the molecule is CCNC(Cc1nc(-c2ccc(Cl)cc2)no1)C1CC1.